The highest BCUT2D eigenvalue weighted by Crippen LogP contribution is 2.31. The molecule has 0 aliphatic rings. The Morgan fingerprint density at radius 3 is 2.29 bits per heavy atom. The zero-order valence-electron chi connectivity index (χ0n) is 12.1. The summed E-state index contributed by atoms with van der Waals surface area (Å²) >= 11 is 0. The average molecular weight is 293 g/mol. The standard InChI is InChI=1S/C16H17F2NO2/c1-10(13-6-4-11(17)8-14(13)18)19-12-5-7-15(20-2)16(9-12)21-3/h4-10,19H,1-3H3. The Morgan fingerprint density at radius 2 is 1.67 bits per heavy atom. The van der Waals surface area contributed by atoms with E-state index in [1.54, 1.807) is 39.3 Å². The first kappa shape index (κ1) is 15.1. The van der Waals surface area contributed by atoms with Crippen molar-refractivity contribution in [3.63, 3.8) is 0 Å². The fraction of sp³-hybridized carbons (Fsp3) is 0.250. The van der Waals surface area contributed by atoms with Crippen LogP contribution in [0.1, 0.15) is 18.5 Å². The van der Waals surface area contributed by atoms with E-state index in [2.05, 4.69) is 5.32 Å². The highest BCUT2D eigenvalue weighted by atomic mass is 19.1. The molecule has 0 radical (unpaired) electrons. The third-order valence-electron chi connectivity index (χ3n) is 3.20. The Bertz CT molecular complexity index is 632. The van der Waals surface area contributed by atoms with Crippen LogP contribution in [0.25, 0.3) is 0 Å². The van der Waals surface area contributed by atoms with Gasteiger partial charge in [0.1, 0.15) is 11.6 Å². The maximum Gasteiger partial charge on any atom is 0.162 e. The summed E-state index contributed by atoms with van der Waals surface area (Å²) < 4.78 is 37.0. The lowest BCUT2D eigenvalue weighted by atomic mass is 10.1. The largest absolute Gasteiger partial charge is 0.493 e. The van der Waals surface area contributed by atoms with E-state index in [-0.39, 0.29) is 6.04 Å². The fourth-order valence-electron chi connectivity index (χ4n) is 2.11. The van der Waals surface area contributed by atoms with Crippen LogP contribution in [0.3, 0.4) is 0 Å². The Balaban J connectivity index is 2.21. The predicted octanol–water partition coefficient (Wildman–Crippen LogP) is 4.16. The minimum Gasteiger partial charge on any atom is -0.493 e. The summed E-state index contributed by atoms with van der Waals surface area (Å²) in [5, 5.41) is 3.15. The van der Waals surface area contributed by atoms with Crippen molar-refractivity contribution >= 4 is 5.69 Å². The summed E-state index contributed by atoms with van der Waals surface area (Å²) in [6.45, 7) is 1.80. The maximum absolute atomic E-state index is 13.7. The van der Waals surface area contributed by atoms with Crippen LogP contribution in [0.5, 0.6) is 11.5 Å². The van der Waals surface area contributed by atoms with Crippen LogP contribution in [0.2, 0.25) is 0 Å². The number of ether oxygens (including phenoxy) is 2. The lowest BCUT2D eigenvalue weighted by Crippen LogP contribution is -2.09. The van der Waals surface area contributed by atoms with Gasteiger partial charge in [0.25, 0.3) is 0 Å². The average Bonchev–Trinajstić information content (AvgIpc) is 2.46. The second-order valence-electron chi connectivity index (χ2n) is 4.60. The number of anilines is 1. The highest BCUT2D eigenvalue weighted by molar-refractivity contribution is 5.55. The van der Waals surface area contributed by atoms with Crippen molar-refractivity contribution in [1.82, 2.24) is 0 Å². The molecule has 112 valence electrons. The second kappa shape index (κ2) is 6.43. The van der Waals surface area contributed by atoms with Gasteiger partial charge in [-0.2, -0.15) is 0 Å². The molecule has 2 aromatic rings. The molecule has 0 aliphatic heterocycles. The molecule has 3 nitrogen and oxygen atoms in total. The number of rotatable bonds is 5. The van der Waals surface area contributed by atoms with Crippen LogP contribution < -0.4 is 14.8 Å². The van der Waals surface area contributed by atoms with E-state index in [1.807, 2.05) is 0 Å². The molecule has 2 rings (SSSR count). The van der Waals surface area contributed by atoms with E-state index in [1.165, 1.54) is 12.1 Å². The van der Waals surface area contributed by atoms with E-state index in [9.17, 15) is 8.78 Å². The molecular formula is C16H17F2NO2. The van der Waals surface area contributed by atoms with Crippen molar-refractivity contribution in [3.05, 3.63) is 53.6 Å². The Morgan fingerprint density at radius 1 is 0.952 bits per heavy atom. The van der Waals surface area contributed by atoms with E-state index < -0.39 is 11.6 Å². The highest BCUT2D eigenvalue weighted by Gasteiger charge is 2.13. The van der Waals surface area contributed by atoms with Crippen LogP contribution >= 0.6 is 0 Å². The molecule has 0 heterocycles. The van der Waals surface area contributed by atoms with Gasteiger partial charge in [-0.1, -0.05) is 6.07 Å². The molecule has 0 aliphatic carbocycles. The van der Waals surface area contributed by atoms with Crippen LogP contribution in [-0.4, -0.2) is 14.2 Å². The van der Waals surface area contributed by atoms with E-state index in [4.69, 9.17) is 9.47 Å². The Kier molecular flexibility index (Phi) is 4.62. The van der Waals surface area contributed by atoms with Crippen LogP contribution in [0.4, 0.5) is 14.5 Å². The van der Waals surface area contributed by atoms with Crippen molar-refractivity contribution in [2.45, 2.75) is 13.0 Å². The Labute approximate surface area is 122 Å². The quantitative estimate of drug-likeness (QED) is 0.898. The molecule has 1 atom stereocenters. The number of benzene rings is 2. The fourth-order valence-corrected chi connectivity index (χ4v) is 2.11. The number of halogens is 2. The SMILES string of the molecule is COc1ccc(NC(C)c2ccc(F)cc2F)cc1OC. The zero-order valence-corrected chi connectivity index (χ0v) is 12.1. The molecule has 1 N–H and O–H groups in total. The first-order valence-electron chi connectivity index (χ1n) is 6.48. The summed E-state index contributed by atoms with van der Waals surface area (Å²) in [6.07, 6.45) is 0. The molecule has 5 heteroatoms. The van der Waals surface area contributed by atoms with Gasteiger partial charge in [0.15, 0.2) is 11.5 Å². The van der Waals surface area contributed by atoms with Crippen molar-refractivity contribution in [3.8, 4) is 11.5 Å². The summed E-state index contributed by atoms with van der Waals surface area (Å²) in [5.74, 6) is 0.0305. The Hall–Kier alpha value is -2.30. The van der Waals surface area contributed by atoms with Crippen molar-refractivity contribution < 1.29 is 18.3 Å². The van der Waals surface area contributed by atoms with Gasteiger partial charge in [0, 0.05) is 23.4 Å². The van der Waals surface area contributed by atoms with Gasteiger partial charge in [-0.15, -0.1) is 0 Å². The molecule has 2 aromatic carbocycles. The van der Waals surface area contributed by atoms with Gasteiger partial charge in [0.2, 0.25) is 0 Å². The maximum atomic E-state index is 13.7. The lowest BCUT2D eigenvalue weighted by Gasteiger charge is -2.17. The lowest BCUT2D eigenvalue weighted by molar-refractivity contribution is 0.355. The van der Waals surface area contributed by atoms with Gasteiger partial charge in [0.05, 0.1) is 20.3 Å². The molecule has 0 aromatic heterocycles. The number of methoxy groups -OCH3 is 2. The normalized spacial score (nSPS) is 11.9. The van der Waals surface area contributed by atoms with Gasteiger partial charge < -0.3 is 14.8 Å². The van der Waals surface area contributed by atoms with E-state index in [0.29, 0.717) is 17.1 Å². The molecule has 0 amide bonds. The van der Waals surface area contributed by atoms with Crippen LogP contribution in [-0.2, 0) is 0 Å². The van der Waals surface area contributed by atoms with Crippen molar-refractivity contribution in [1.29, 1.82) is 0 Å². The van der Waals surface area contributed by atoms with Crippen LogP contribution in [0.15, 0.2) is 36.4 Å². The van der Waals surface area contributed by atoms with Gasteiger partial charge in [-0.3, -0.25) is 0 Å². The molecule has 0 fully saturated rings. The first-order valence-corrected chi connectivity index (χ1v) is 6.48. The minimum absolute atomic E-state index is 0.316. The van der Waals surface area contributed by atoms with Gasteiger partial charge in [-0.05, 0) is 25.1 Å². The molecule has 21 heavy (non-hydrogen) atoms. The molecular weight excluding hydrogens is 276 g/mol. The van der Waals surface area contributed by atoms with Crippen molar-refractivity contribution in [2.75, 3.05) is 19.5 Å². The summed E-state index contributed by atoms with van der Waals surface area (Å²) in [5.41, 5.74) is 1.15. The number of hydrogen-bond donors (Lipinski definition) is 1. The third-order valence-corrected chi connectivity index (χ3v) is 3.20. The number of nitrogens with one attached hydrogen (secondary N) is 1. The summed E-state index contributed by atoms with van der Waals surface area (Å²) in [7, 11) is 3.10. The molecule has 0 spiro atoms. The van der Waals surface area contributed by atoms with E-state index in [0.717, 1.165) is 11.8 Å². The molecule has 1 unspecified atom stereocenters. The smallest absolute Gasteiger partial charge is 0.162 e. The van der Waals surface area contributed by atoms with Gasteiger partial charge in [-0.25, -0.2) is 8.78 Å². The minimum atomic E-state index is -0.588. The molecule has 0 saturated carbocycles. The van der Waals surface area contributed by atoms with E-state index >= 15 is 0 Å². The predicted molar refractivity (Wildman–Crippen MR) is 77.9 cm³/mol. The molecule has 0 bridgehead atoms. The third kappa shape index (κ3) is 3.42. The second-order valence-corrected chi connectivity index (χ2v) is 4.60. The monoisotopic (exact) mass is 293 g/mol. The summed E-state index contributed by atoms with van der Waals surface area (Å²) in [6, 6.07) is 8.56. The topological polar surface area (TPSA) is 30.5 Å². The molecule has 0 saturated heterocycles. The summed E-state index contributed by atoms with van der Waals surface area (Å²) in [4.78, 5) is 0. The van der Waals surface area contributed by atoms with Crippen molar-refractivity contribution in [2.24, 2.45) is 0 Å². The van der Waals surface area contributed by atoms with Crippen LogP contribution in [0, 0.1) is 11.6 Å². The van der Waals surface area contributed by atoms with Gasteiger partial charge >= 0.3 is 0 Å². The zero-order chi connectivity index (χ0) is 15.4. The first-order chi connectivity index (χ1) is 10.0. The number of hydrogen-bond acceptors (Lipinski definition) is 3.